The minimum atomic E-state index is -0.642. The average Bonchev–Trinajstić information content (AvgIpc) is 2.93. The number of hydrogen-bond acceptors (Lipinski definition) is 3. The molecule has 0 spiro atoms. The number of nitrogens with zero attached hydrogens (tertiary/aromatic N) is 2. The Morgan fingerprint density at radius 1 is 1.32 bits per heavy atom. The fourth-order valence-electron chi connectivity index (χ4n) is 2.06. The van der Waals surface area contributed by atoms with Gasteiger partial charge in [-0.05, 0) is 31.0 Å². The number of rotatable bonds is 6. The topological polar surface area (TPSA) is 55.9 Å². The van der Waals surface area contributed by atoms with Gasteiger partial charge in [-0.3, -0.25) is 0 Å². The van der Waals surface area contributed by atoms with Gasteiger partial charge in [0.25, 0.3) is 0 Å². The molecule has 22 heavy (non-hydrogen) atoms. The van der Waals surface area contributed by atoms with E-state index >= 15 is 0 Å². The highest BCUT2D eigenvalue weighted by Crippen LogP contribution is 2.17. The minimum Gasteiger partial charge on any atom is -0.329 e. The van der Waals surface area contributed by atoms with E-state index in [1.165, 1.54) is 16.8 Å². The van der Waals surface area contributed by atoms with Gasteiger partial charge in [0.15, 0.2) is 5.82 Å². The van der Waals surface area contributed by atoms with Crippen LogP contribution in [0.2, 0.25) is 0 Å². The Morgan fingerprint density at radius 3 is 2.64 bits per heavy atom. The number of benzene rings is 1. The molecule has 0 aliphatic heterocycles. The summed E-state index contributed by atoms with van der Waals surface area (Å²) in [5.74, 6) is -0.878. The average molecular weight is 308 g/mol. The molecule has 0 amide bonds. The largest absolute Gasteiger partial charge is 0.329 e. The Bertz CT molecular complexity index is 639. The first kappa shape index (κ1) is 16.6. The van der Waals surface area contributed by atoms with E-state index in [2.05, 4.69) is 31.2 Å². The lowest BCUT2D eigenvalue weighted by atomic mass is 9.88. The molecule has 1 aromatic carbocycles. The summed E-state index contributed by atoms with van der Waals surface area (Å²) in [4.78, 5) is 0. The van der Waals surface area contributed by atoms with Gasteiger partial charge >= 0.3 is 0 Å². The summed E-state index contributed by atoms with van der Waals surface area (Å²) in [5, 5.41) is 7.71. The van der Waals surface area contributed by atoms with E-state index in [1.54, 1.807) is 12.3 Å². The number of nitrogens with two attached hydrogens (primary N) is 1. The van der Waals surface area contributed by atoms with Crippen molar-refractivity contribution in [3.05, 3.63) is 47.8 Å². The molecule has 3 N–H and O–H groups in total. The quantitative estimate of drug-likeness (QED) is 0.862. The maximum atomic E-state index is 13.7. The Hall–Kier alpha value is -1.79. The van der Waals surface area contributed by atoms with Crippen LogP contribution in [0.4, 0.5) is 8.78 Å². The molecule has 0 aliphatic rings. The molecule has 1 aromatic heterocycles. The summed E-state index contributed by atoms with van der Waals surface area (Å²) in [6.45, 7) is 7.31. The lowest BCUT2D eigenvalue weighted by Crippen LogP contribution is -2.52. The van der Waals surface area contributed by atoms with Crippen LogP contribution in [-0.2, 0) is 6.54 Å². The molecule has 0 bridgehead atoms. The molecule has 0 saturated carbocycles. The van der Waals surface area contributed by atoms with Crippen LogP contribution in [0.5, 0.6) is 0 Å². The summed E-state index contributed by atoms with van der Waals surface area (Å²) in [7, 11) is 0. The van der Waals surface area contributed by atoms with Gasteiger partial charge in [-0.1, -0.05) is 13.8 Å². The first-order valence-electron chi connectivity index (χ1n) is 7.31. The van der Waals surface area contributed by atoms with Crippen LogP contribution in [0, 0.1) is 17.6 Å². The number of halogens is 2. The molecule has 0 saturated heterocycles. The van der Waals surface area contributed by atoms with Gasteiger partial charge in [0.2, 0.25) is 0 Å². The van der Waals surface area contributed by atoms with Crippen molar-refractivity contribution >= 4 is 0 Å². The molecule has 2 aromatic rings. The van der Waals surface area contributed by atoms with Gasteiger partial charge in [0.05, 0.1) is 5.69 Å². The van der Waals surface area contributed by atoms with E-state index in [-0.39, 0.29) is 11.2 Å². The van der Waals surface area contributed by atoms with Gasteiger partial charge < -0.3 is 11.1 Å². The van der Waals surface area contributed by atoms with Crippen molar-refractivity contribution < 1.29 is 8.78 Å². The summed E-state index contributed by atoms with van der Waals surface area (Å²) in [5.41, 5.74) is 6.63. The molecule has 0 aliphatic carbocycles. The van der Waals surface area contributed by atoms with Crippen molar-refractivity contribution in [2.75, 3.05) is 6.54 Å². The fourth-order valence-corrected chi connectivity index (χ4v) is 2.06. The van der Waals surface area contributed by atoms with Gasteiger partial charge in [-0.25, -0.2) is 13.5 Å². The molecule has 120 valence electrons. The lowest BCUT2D eigenvalue weighted by molar-refractivity contribution is 0.266. The number of aromatic nitrogens is 2. The normalized spacial score (nSPS) is 14.3. The fraction of sp³-hybridized carbons (Fsp3) is 0.438. The summed E-state index contributed by atoms with van der Waals surface area (Å²) in [6, 6.07) is 5.22. The van der Waals surface area contributed by atoms with E-state index in [9.17, 15) is 8.78 Å². The van der Waals surface area contributed by atoms with Crippen LogP contribution in [0.25, 0.3) is 5.69 Å². The molecule has 6 heteroatoms. The zero-order valence-electron chi connectivity index (χ0n) is 13.1. The van der Waals surface area contributed by atoms with E-state index < -0.39 is 11.6 Å². The van der Waals surface area contributed by atoms with Crippen molar-refractivity contribution in [2.45, 2.75) is 32.9 Å². The van der Waals surface area contributed by atoms with E-state index in [4.69, 9.17) is 5.73 Å². The zero-order chi connectivity index (χ0) is 16.3. The van der Waals surface area contributed by atoms with Crippen LogP contribution < -0.4 is 11.1 Å². The predicted octanol–water partition coefficient (Wildman–Crippen LogP) is 2.61. The van der Waals surface area contributed by atoms with Crippen molar-refractivity contribution in [1.82, 2.24) is 15.1 Å². The third-order valence-corrected chi connectivity index (χ3v) is 4.17. The van der Waals surface area contributed by atoms with Gasteiger partial charge in [0, 0.05) is 30.9 Å². The molecule has 0 radical (unpaired) electrons. The van der Waals surface area contributed by atoms with Crippen LogP contribution in [0.1, 0.15) is 26.5 Å². The third kappa shape index (κ3) is 3.51. The Balaban J connectivity index is 2.12. The highest BCUT2D eigenvalue weighted by molar-refractivity contribution is 5.33. The maximum Gasteiger partial charge on any atom is 0.151 e. The second kappa shape index (κ2) is 6.54. The van der Waals surface area contributed by atoms with Crippen LogP contribution in [0.15, 0.2) is 30.5 Å². The van der Waals surface area contributed by atoms with Gasteiger partial charge in [-0.2, -0.15) is 5.10 Å². The Labute approximate surface area is 129 Å². The Kier molecular flexibility index (Phi) is 4.93. The lowest BCUT2D eigenvalue weighted by Gasteiger charge is -2.33. The highest BCUT2D eigenvalue weighted by Gasteiger charge is 2.26. The van der Waals surface area contributed by atoms with Gasteiger partial charge in [0.1, 0.15) is 11.5 Å². The van der Waals surface area contributed by atoms with Crippen molar-refractivity contribution in [1.29, 1.82) is 0 Å². The smallest absolute Gasteiger partial charge is 0.151 e. The molecule has 4 nitrogen and oxygen atoms in total. The third-order valence-electron chi connectivity index (χ3n) is 4.17. The molecule has 1 atom stereocenters. The first-order valence-corrected chi connectivity index (χ1v) is 7.31. The summed E-state index contributed by atoms with van der Waals surface area (Å²) in [6.07, 6.45) is 1.66. The standard InChI is InChI=1S/C16H22F2N4/c1-11(2)16(3,10-19)20-9-13-6-7-22(21-13)15-5-4-12(17)8-14(15)18/h4-8,11,20H,9-10,19H2,1-3H3. The molecule has 0 fully saturated rings. The van der Waals surface area contributed by atoms with Crippen LogP contribution in [-0.4, -0.2) is 21.9 Å². The Morgan fingerprint density at radius 2 is 2.05 bits per heavy atom. The van der Waals surface area contributed by atoms with Crippen molar-refractivity contribution in [3.63, 3.8) is 0 Å². The predicted molar refractivity (Wildman–Crippen MR) is 82.6 cm³/mol. The second-order valence-corrected chi connectivity index (χ2v) is 5.98. The second-order valence-electron chi connectivity index (χ2n) is 5.98. The SMILES string of the molecule is CC(C)C(C)(CN)NCc1ccn(-c2ccc(F)cc2F)n1. The molecule has 1 heterocycles. The monoisotopic (exact) mass is 308 g/mol. The summed E-state index contributed by atoms with van der Waals surface area (Å²) >= 11 is 0. The highest BCUT2D eigenvalue weighted by atomic mass is 19.1. The minimum absolute atomic E-state index is 0.190. The number of nitrogens with one attached hydrogen (secondary N) is 1. The van der Waals surface area contributed by atoms with Crippen LogP contribution in [0.3, 0.4) is 0 Å². The van der Waals surface area contributed by atoms with E-state index in [0.717, 1.165) is 11.8 Å². The maximum absolute atomic E-state index is 13.7. The van der Waals surface area contributed by atoms with Crippen LogP contribution >= 0.6 is 0 Å². The summed E-state index contributed by atoms with van der Waals surface area (Å²) < 4.78 is 28.1. The molecular weight excluding hydrogens is 286 g/mol. The van der Waals surface area contributed by atoms with E-state index in [0.29, 0.717) is 19.0 Å². The van der Waals surface area contributed by atoms with Crippen molar-refractivity contribution in [2.24, 2.45) is 11.7 Å². The number of hydrogen-bond donors (Lipinski definition) is 2. The van der Waals surface area contributed by atoms with E-state index in [1.807, 2.05) is 0 Å². The zero-order valence-corrected chi connectivity index (χ0v) is 13.1. The molecule has 1 unspecified atom stereocenters. The first-order chi connectivity index (χ1) is 10.4. The molecule has 2 rings (SSSR count). The molecular formula is C16H22F2N4. The van der Waals surface area contributed by atoms with Crippen molar-refractivity contribution in [3.8, 4) is 5.69 Å². The van der Waals surface area contributed by atoms with Gasteiger partial charge in [-0.15, -0.1) is 0 Å².